The monoisotopic (exact) mass is 342 g/mol. The number of halogens is 3. The van der Waals surface area contributed by atoms with Crippen molar-refractivity contribution in [2.45, 2.75) is 5.51 Å². The van der Waals surface area contributed by atoms with Gasteiger partial charge >= 0.3 is 59.4 Å². The van der Waals surface area contributed by atoms with Crippen LogP contribution in [-0.4, -0.2) is 13.9 Å². The Morgan fingerprint density at radius 1 is 1.33 bits per heavy atom. The summed E-state index contributed by atoms with van der Waals surface area (Å²) in [5, 5.41) is 0. The van der Waals surface area contributed by atoms with E-state index >= 15 is 0 Å². The summed E-state index contributed by atoms with van der Waals surface area (Å²) in [6.07, 6.45) is 0. The zero-order chi connectivity index (χ0) is 7.71. The van der Waals surface area contributed by atoms with Crippen molar-refractivity contribution in [2.75, 3.05) is 0 Å². The van der Waals surface area contributed by atoms with Crippen LogP contribution in [0.25, 0.3) is 0 Å². The molecule has 8 heteroatoms. The summed E-state index contributed by atoms with van der Waals surface area (Å²) < 4.78 is 55.9. The van der Waals surface area contributed by atoms with Gasteiger partial charge in [0.1, 0.15) is 0 Å². The summed E-state index contributed by atoms with van der Waals surface area (Å²) in [6.45, 7) is 0. The third kappa shape index (κ3) is 2.21. The molecule has 0 N–H and O–H groups in total. The summed E-state index contributed by atoms with van der Waals surface area (Å²) in [6, 6.07) is 0. The SMILES string of the molecule is O=S(=O)([O][Ir])C(F)(F)F. The van der Waals surface area contributed by atoms with Crippen molar-refractivity contribution in [1.29, 1.82) is 0 Å². The normalized spacial score (nSPS) is 13.9. The fourth-order valence-corrected chi connectivity index (χ4v) is 0.773. The molecule has 0 heterocycles. The van der Waals surface area contributed by atoms with Crippen molar-refractivity contribution < 1.29 is 43.8 Å². The third-order valence-corrected chi connectivity index (χ3v) is 2.65. The number of alkyl halides is 3. The van der Waals surface area contributed by atoms with Crippen LogP contribution in [0.3, 0.4) is 0 Å². The molecule has 0 unspecified atom stereocenters. The Kier molecular flexibility index (Phi) is 2.63. The van der Waals surface area contributed by atoms with Gasteiger partial charge in [0, 0.05) is 0 Å². The number of hydrogen-bond donors (Lipinski definition) is 0. The molecular formula is CF3IrO3S. The molecule has 0 aliphatic carbocycles. The zero-order valence-electron chi connectivity index (χ0n) is 3.60. The van der Waals surface area contributed by atoms with E-state index in [0.29, 0.717) is 19.3 Å². The van der Waals surface area contributed by atoms with Crippen LogP contribution < -0.4 is 0 Å². The van der Waals surface area contributed by atoms with Gasteiger partial charge in [-0.3, -0.25) is 0 Å². The number of rotatable bonds is 1. The first kappa shape index (κ1) is 9.35. The molecule has 0 amide bonds. The molecule has 0 radical (unpaired) electrons. The van der Waals surface area contributed by atoms with Crippen molar-refractivity contribution in [3.63, 3.8) is 0 Å². The Balaban J connectivity index is 4.57. The molecule has 9 heavy (non-hydrogen) atoms. The van der Waals surface area contributed by atoms with Gasteiger partial charge in [-0.15, -0.1) is 0 Å². The maximum atomic E-state index is 11.1. The molecule has 0 rings (SSSR count). The Labute approximate surface area is 59.9 Å². The van der Waals surface area contributed by atoms with E-state index in [4.69, 9.17) is 0 Å². The zero-order valence-corrected chi connectivity index (χ0v) is 6.81. The van der Waals surface area contributed by atoms with E-state index in [1.165, 1.54) is 0 Å². The summed E-state index contributed by atoms with van der Waals surface area (Å²) >= 11 is 0.447. The Hall–Kier alpha value is 0.349. The van der Waals surface area contributed by atoms with Gasteiger partial charge in [-0.05, 0) is 0 Å². The molecule has 0 aliphatic heterocycles. The van der Waals surface area contributed by atoms with E-state index in [1.54, 1.807) is 0 Å². The van der Waals surface area contributed by atoms with Crippen molar-refractivity contribution in [3.8, 4) is 0 Å². The molecule has 0 saturated heterocycles. The van der Waals surface area contributed by atoms with Crippen LogP contribution in [0, 0.1) is 0 Å². The Bertz CT molecular complexity index is 180. The Morgan fingerprint density at radius 2 is 1.67 bits per heavy atom. The average molecular weight is 341 g/mol. The maximum absolute atomic E-state index is 11.1. The molecule has 0 fully saturated rings. The summed E-state index contributed by atoms with van der Waals surface area (Å²) in [5.41, 5.74) is -5.30. The van der Waals surface area contributed by atoms with Crippen molar-refractivity contribution in [3.05, 3.63) is 0 Å². The summed E-state index contributed by atoms with van der Waals surface area (Å²) in [4.78, 5) is 0. The van der Waals surface area contributed by atoms with Gasteiger partial charge in [0.25, 0.3) is 0 Å². The van der Waals surface area contributed by atoms with Gasteiger partial charge in [0.2, 0.25) is 0 Å². The first-order valence-corrected chi connectivity index (χ1v) is 3.79. The quantitative estimate of drug-likeness (QED) is 0.645. The van der Waals surface area contributed by atoms with Crippen molar-refractivity contribution >= 4 is 10.1 Å². The van der Waals surface area contributed by atoms with E-state index in [9.17, 15) is 21.6 Å². The standard InChI is InChI=1S/CHF3O3S.Ir/c2-1(3,4)8(5,6)7;/h(H,5,6,7);/q;+1/p-1. The first-order chi connectivity index (χ1) is 3.81. The molecule has 0 atom stereocenters. The number of hydrogen-bond acceptors (Lipinski definition) is 3. The molecule has 0 aromatic rings. The fourth-order valence-electron chi connectivity index (χ4n) is 0.0315. The Morgan fingerprint density at radius 3 is 1.67 bits per heavy atom. The van der Waals surface area contributed by atoms with Crippen LogP contribution in [0.4, 0.5) is 13.2 Å². The molecule has 0 spiro atoms. The van der Waals surface area contributed by atoms with E-state index in [2.05, 4.69) is 2.94 Å². The average Bonchev–Trinajstić information content (AvgIpc) is 1.64. The second-order valence-electron chi connectivity index (χ2n) is 0.955. The minimum atomic E-state index is -5.34. The van der Waals surface area contributed by atoms with E-state index in [-0.39, 0.29) is 0 Å². The first-order valence-electron chi connectivity index (χ1n) is 1.41. The molecule has 0 saturated carbocycles. The summed E-state index contributed by atoms with van der Waals surface area (Å²) in [5.74, 6) is 0. The van der Waals surface area contributed by atoms with Gasteiger partial charge in [-0.1, -0.05) is 0 Å². The molecule has 58 valence electrons. The third-order valence-electron chi connectivity index (χ3n) is 0.357. The molecule has 0 aromatic carbocycles. The van der Waals surface area contributed by atoms with Gasteiger partial charge in [-0.2, -0.15) is 0 Å². The predicted octanol–water partition coefficient (Wildman–Crippen LogP) is 0.314. The van der Waals surface area contributed by atoms with Gasteiger partial charge < -0.3 is 0 Å². The van der Waals surface area contributed by atoms with Crippen LogP contribution >= 0.6 is 0 Å². The van der Waals surface area contributed by atoms with Crippen molar-refractivity contribution in [1.82, 2.24) is 0 Å². The fraction of sp³-hybridized carbons (Fsp3) is 1.00. The van der Waals surface area contributed by atoms with Gasteiger partial charge in [-0.25, -0.2) is 0 Å². The van der Waals surface area contributed by atoms with Crippen LogP contribution in [0.1, 0.15) is 0 Å². The molecule has 0 aromatic heterocycles. The summed E-state index contributed by atoms with van der Waals surface area (Å²) in [7, 11) is -5.34. The van der Waals surface area contributed by atoms with E-state index < -0.39 is 15.6 Å². The van der Waals surface area contributed by atoms with Crippen molar-refractivity contribution in [2.24, 2.45) is 0 Å². The second-order valence-corrected chi connectivity index (χ2v) is 3.64. The van der Waals surface area contributed by atoms with E-state index in [0.717, 1.165) is 0 Å². The van der Waals surface area contributed by atoms with Gasteiger partial charge in [0.05, 0.1) is 0 Å². The van der Waals surface area contributed by atoms with Gasteiger partial charge in [0.15, 0.2) is 0 Å². The molecule has 3 nitrogen and oxygen atoms in total. The van der Waals surface area contributed by atoms with Crippen LogP contribution in [0.5, 0.6) is 0 Å². The van der Waals surface area contributed by atoms with Crippen LogP contribution in [0.2, 0.25) is 0 Å². The molecule has 0 bridgehead atoms. The van der Waals surface area contributed by atoms with Crippen LogP contribution in [-0.2, 0) is 32.3 Å². The molecular weight excluding hydrogens is 341 g/mol. The molecule has 0 aliphatic rings. The second kappa shape index (κ2) is 2.53. The van der Waals surface area contributed by atoms with Crippen LogP contribution in [0.15, 0.2) is 0 Å². The topological polar surface area (TPSA) is 43.4 Å². The van der Waals surface area contributed by atoms with E-state index in [1.807, 2.05) is 0 Å². The minimum absolute atomic E-state index is 0.447. The predicted molar refractivity (Wildman–Crippen MR) is 16.1 cm³/mol.